The highest BCUT2D eigenvalue weighted by atomic mass is 32.2. The van der Waals surface area contributed by atoms with Gasteiger partial charge in [-0.3, -0.25) is 4.79 Å². The average Bonchev–Trinajstić information content (AvgIpc) is 2.38. The van der Waals surface area contributed by atoms with Gasteiger partial charge in [0.1, 0.15) is 0 Å². The van der Waals surface area contributed by atoms with Crippen molar-refractivity contribution < 1.29 is 4.79 Å². The van der Waals surface area contributed by atoms with Crippen molar-refractivity contribution in [2.45, 2.75) is 19.4 Å². The largest absolute Gasteiger partial charge is 0.327 e. The number of rotatable bonds is 6. The highest BCUT2D eigenvalue weighted by Gasteiger charge is 2.10. The first-order valence-corrected chi connectivity index (χ1v) is 6.95. The summed E-state index contributed by atoms with van der Waals surface area (Å²) in [6, 6.07) is 9.85. The van der Waals surface area contributed by atoms with Gasteiger partial charge in [0.05, 0.1) is 5.75 Å². The standard InChI is InChI=1S/C13H20N2OS/c1-3-11(14)9-17-10-13(16)15(2)12-7-5-4-6-8-12/h4-8,11H,3,9-10,14H2,1-2H3. The lowest BCUT2D eigenvalue weighted by Crippen LogP contribution is -2.29. The Morgan fingerprint density at radius 1 is 1.41 bits per heavy atom. The molecule has 0 aliphatic rings. The van der Waals surface area contributed by atoms with Gasteiger partial charge in [0.15, 0.2) is 0 Å². The van der Waals surface area contributed by atoms with Crippen LogP contribution in [0.5, 0.6) is 0 Å². The topological polar surface area (TPSA) is 46.3 Å². The van der Waals surface area contributed by atoms with E-state index in [1.807, 2.05) is 30.3 Å². The lowest BCUT2D eigenvalue weighted by atomic mass is 10.3. The quantitative estimate of drug-likeness (QED) is 0.843. The highest BCUT2D eigenvalue weighted by molar-refractivity contribution is 8.00. The maximum atomic E-state index is 11.9. The lowest BCUT2D eigenvalue weighted by Gasteiger charge is -2.17. The van der Waals surface area contributed by atoms with Crippen LogP contribution in [0.4, 0.5) is 5.69 Å². The maximum Gasteiger partial charge on any atom is 0.236 e. The van der Waals surface area contributed by atoms with E-state index in [2.05, 4.69) is 6.92 Å². The number of benzene rings is 1. The summed E-state index contributed by atoms with van der Waals surface area (Å²) < 4.78 is 0. The van der Waals surface area contributed by atoms with Crippen LogP contribution in [0.3, 0.4) is 0 Å². The summed E-state index contributed by atoms with van der Waals surface area (Å²) in [5, 5.41) is 0. The van der Waals surface area contributed by atoms with E-state index in [1.165, 1.54) is 0 Å². The molecule has 0 spiro atoms. The van der Waals surface area contributed by atoms with Gasteiger partial charge in [-0.05, 0) is 18.6 Å². The molecule has 1 amide bonds. The number of carbonyl (C=O) groups excluding carboxylic acids is 1. The molecule has 0 aliphatic carbocycles. The van der Waals surface area contributed by atoms with Crippen LogP contribution in [0.2, 0.25) is 0 Å². The lowest BCUT2D eigenvalue weighted by molar-refractivity contribution is -0.115. The highest BCUT2D eigenvalue weighted by Crippen LogP contribution is 2.13. The van der Waals surface area contributed by atoms with Crippen molar-refractivity contribution in [1.29, 1.82) is 0 Å². The Morgan fingerprint density at radius 3 is 2.65 bits per heavy atom. The third-order valence-electron chi connectivity index (χ3n) is 2.60. The summed E-state index contributed by atoms with van der Waals surface area (Å²) in [7, 11) is 1.80. The van der Waals surface area contributed by atoms with Crippen LogP contribution in [0.1, 0.15) is 13.3 Å². The van der Waals surface area contributed by atoms with E-state index < -0.39 is 0 Å². The van der Waals surface area contributed by atoms with Gasteiger partial charge in [-0.1, -0.05) is 25.1 Å². The number of nitrogens with zero attached hydrogens (tertiary/aromatic N) is 1. The second-order valence-corrected chi connectivity index (χ2v) is 5.00. The van der Waals surface area contributed by atoms with Gasteiger partial charge in [0.2, 0.25) is 5.91 Å². The van der Waals surface area contributed by atoms with E-state index in [0.717, 1.165) is 17.9 Å². The number of carbonyl (C=O) groups is 1. The Morgan fingerprint density at radius 2 is 2.06 bits per heavy atom. The van der Waals surface area contributed by atoms with E-state index in [9.17, 15) is 4.79 Å². The van der Waals surface area contributed by atoms with Gasteiger partial charge in [-0.15, -0.1) is 0 Å². The Kier molecular flexibility index (Phi) is 6.08. The minimum atomic E-state index is 0.115. The minimum absolute atomic E-state index is 0.115. The molecule has 2 N–H and O–H groups in total. The fraction of sp³-hybridized carbons (Fsp3) is 0.462. The van der Waals surface area contributed by atoms with Crippen LogP contribution in [-0.4, -0.2) is 30.5 Å². The van der Waals surface area contributed by atoms with Crippen molar-refractivity contribution >= 4 is 23.4 Å². The molecule has 17 heavy (non-hydrogen) atoms. The molecular formula is C13H20N2OS. The van der Waals surface area contributed by atoms with E-state index in [4.69, 9.17) is 5.73 Å². The molecule has 0 saturated carbocycles. The molecule has 0 radical (unpaired) electrons. The summed E-state index contributed by atoms with van der Waals surface area (Å²) in [6.45, 7) is 2.06. The zero-order chi connectivity index (χ0) is 12.7. The summed E-state index contributed by atoms with van der Waals surface area (Å²) in [4.78, 5) is 13.6. The number of hydrogen-bond donors (Lipinski definition) is 1. The van der Waals surface area contributed by atoms with Crippen LogP contribution < -0.4 is 10.6 Å². The molecule has 1 atom stereocenters. The molecule has 1 aromatic rings. The molecule has 4 heteroatoms. The smallest absolute Gasteiger partial charge is 0.236 e. The number of nitrogens with two attached hydrogens (primary N) is 1. The Labute approximate surface area is 107 Å². The van der Waals surface area contributed by atoms with Crippen molar-refractivity contribution in [3.05, 3.63) is 30.3 Å². The fourth-order valence-corrected chi connectivity index (χ4v) is 2.33. The minimum Gasteiger partial charge on any atom is -0.327 e. The average molecular weight is 252 g/mol. The predicted octanol–water partition coefficient (Wildman–Crippen LogP) is 2.12. The summed E-state index contributed by atoms with van der Waals surface area (Å²) >= 11 is 1.60. The van der Waals surface area contributed by atoms with Crippen molar-refractivity contribution in [1.82, 2.24) is 0 Å². The number of thioether (sulfide) groups is 1. The summed E-state index contributed by atoms with van der Waals surface area (Å²) in [5.74, 6) is 1.44. The van der Waals surface area contributed by atoms with E-state index in [0.29, 0.717) is 5.75 Å². The molecule has 1 rings (SSSR count). The molecule has 0 heterocycles. The van der Waals surface area contributed by atoms with Crippen LogP contribution >= 0.6 is 11.8 Å². The van der Waals surface area contributed by atoms with E-state index >= 15 is 0 Å². The predicted molar refractivity (Wildman–Crippen MR) is 75.4 cm³/mol. The SMILES string of the molecule is CCC(N)CSCC(=O)N(C)c1ccccc1. The molecule has 0 aliphatic heterocycles. The molecular weight excluding hydrogens is 232 g/mol. The normalized spacial score (nSPS) is 12.2. The van der Waals surface area contributed by atoms with Crippen molar-refractivity contribution in [3.8, 4) is 0 Å². The van der Waals surface area contributed by atoms with Crippen molar-refractivity contribution in [3.63, 3.8) is 0 Å². The third-order valence-corrected chi connectivity index (χ3v) is 3.71. The second kappa shape index (κ2) is 7.35. The second-order valence-electron chi connectivity index (χ2n) is 3.97. The van der Waals surface area contributed by atoms with Crippen LogP contribution in [0.15, 0.2) is 30.3 Å². The van der Waals surface area contributed by atoms with Gasteiger partial charge in [-0.2, -0.15) is 11.8 Å². The summed E-state index contributed by atoms with van der Waals surface area (Å²) in [6.07, 6.45) is 0.954. The molecule has 0 bridgehead atoms. The number of amides is 1. The molecule has 1 unspecified atom stereocenters. The Bertz CT molecular complexity index is 343. The van der Waals surface area contributed by atoms with Gasteiger partial charge >= 0.3 is 0 Å². The first kappa shape index (κ1) is 14.1. The maximum absolute atomic E-state index is 11.9. The molecule has 0 aromatic heterocycles. The van der Waals surface area contributed by atoms with Gasteiger partial charge in [0.25, 0.3) is 0 Å². The first-order valence-electron chi connectivity index (χ1n) is 5.80. The fourth-order valence-electron chi connectivity index (χ4n) is 1.31. The number of para-hydroxylation sites is 1. The third kappa shape index (κ3) is 4.79. The number of anilines is 1. The molecule has 3 nitrogen and oxygen atoms in total. The van der Waals surface area contributed by atoms with Crippen LogP contribution in [0, 0.1) is 0 Å². The van der Waals surface area contributed by atoms with Gasteiger partial charge in [-0.25, -0.2) is 0 Å². The Balaban J connectivity index is 2.38. The first-order chi connectivity index (χ1) is 8.15. The van der Waals surface area contributed by atoms with Crippen molar-refractivity contribution in [2.75, 3.05) is 23.5 Å². The summed E-state index contributed by atoms with van der Waals surface area (Å²) in [5.41, 5.74) is 6.73. The molecule has 0 saturated heterocycles. The van der Waals surface area contributed by atoms with Crippen molar-refractivity contribution in [2.24, 2.45) is 5.73 Å². The molecule has 1 aromatic carbocycles. The van der Waals surface area contributed by atoms with Gasteiger partial charge in [0, 0.05) is 24.5 Å². The van der Waals surface area contributed by atoms with Crippen LogP contribution in [0.25, 0.3) is 0 Å². The monoisotopic (exact) mass is 252 g/mol. The molecule has 94 valence electrons. The van der Waals surface area contributed by atoms with Gasteiger partial charge < -0.3 is 10.6 Å². The van der Waals surface area contributed by atoms with E-state index in [-0.39, 0.29) is 11.9 Å². The zero-order valence-electron chi connectivity index (χ0n) is 10.4. The Hall–Kier alpha value is -1.00. The number of hydrogen-bond acceptors (Lipinski definition) is 3. The van der Waals surface area contributed by atoms with Crippen LogP contribution in [-0.2, 0) is 4.79 Å². The zero-order valence-corrected chi connectivity index (χ0v) is 11.2. The van der Waals surface area contributed by atoms with E-state index in [1.54, 1.807) is 23.7 Å². The molecule has 0 fully saturated rings.